The van der Waals surface area contributed by atoms with Crippen LogP contribution in [0.5, 0.6) is 11.5 Å². The highest BCUT2D eigenvalue weighted by Gasteiger charge is 2.24. The van der Waals surface area contributed by atoms with Crippen LogP contribution >= 0.6 is 11.3 Å². The Hall–Kier alpha value is -2.91. The Morgan fingerprint density at radius 2 is 1.86 bits per heavy atom. The number of benzene rings is 1. The minimum Gasteiger partial charge on any atom is -0.497 e. The van der Waals surface area contributed by atoms with E-state index in [4.69, 9.17) is 14.0 Å². The Bertz CT molecular complexity index is 943. The van der Waals surface area contributed by atoms with Gasteiger partial charge in [0.1, 0.15) is 11.5 Å². The second-order valence-electron chi connectivity index (χ2n) is 6.66. The number of piperazine rings is 1. The third-order valence-corrected chi connectivity index (χ3v) is 5.69. The van der Waals surface area contributed by atoms with Crippen LogP contribution in [0.2, 0.25) is 0 Å². The summed E-state index contributed by atoms with van der Waals surface area (Å²) in [4.78, 5) is 22.4. The molecule has 1 amide bonds. The van der Waals surface area contributed by atoms with Gasteiger partial charge in [-0.2, -0.15) is 4.98 Å². The van der Waals surface area contributed by atoms with Gasteiger partial charge in [0.15, 0.2) is 0 Å². The smallest absolute Gasteiger partial charge is 0.254 e. The lowest BCUT2D eigenvalue weighted by atomic mass is 10.1. The van der Waals surface area contributed by atoms with Crippen LogP contribution in [0.4, 0.5) is 0 Å². The van der Waals surface area contributed by atoms with Crippen molar-refractivity contribution in [3.05, 3.63) is 47.2 Å². The van der Waals surface area contributed by atoms with E-state index < -0.39 is 0 Å². The molecule has 9 heteroatoms. The molecule has 0 saturated carbocycles. The number of thiophene rings is 1. The molecule has 3 heterocycles. The van der Waals surface area contributed by atoms with E-state index in [9.17, 15) is 4.79 Å². The number of aromatic nitrogens is 2. The zero-order valence-electron chi connectivity index (χ0n) is 16.3. The maximum absolute atomic E-state index is 12.9. The van der Waals surface area contributed by atoms with Gasteiger partial charge in [-0.05, 0) is 23.6 Å². The van der Waals surface area contributed by atoms with E-state index in [-0.39, 0.29) is 5.91 Å². The van der Waals surface area contributed by atoms with Crippen molar-refractivity contribution >= 4 is 17.2 Å². The molecule has 152 valence electrons. The van der Waals surface area contributed by atoms with Crippen molar-refractivity contribution in [2.45, 2.75) is 6.54 Å². The molecule has 0 N–H and O–H groups in total. The van der Waals surface area contributed by atoms with Crippen molar-refractivity contribution in [2.75, 3.05) is 40.4 Å². The average Bonchev–Trinajstić information content (AvgIpc) is 3.45. The van der Waals surface area contributed by atoms with E-state index >= 15 is 0 Å². The Balaban J connectivity index is 1.35. The molecule has 1 fully saturated rings. The summed E-state index contributed by atoms with van der Waals surface area (Å²) in [5.74, 6) is 2.38. The highest BCUT2D eigenvalue weighted by Crippen LogP contribution is 2.24. The molecule has 0 bridgehead atoms. The summed E-state index contributed by atoms with van der Waals surface area (Å²) in [5.41, 5.74) is 0.562. The largest absolute Gasteiger partial charge is 0.497 e. The molecule has 0 unspecified atom stereocenters. The van der Waals surface area contributed by atoms with Crippen molar-refractivity contribution in [1.82, 2.24) is 19.9 Å². The first-order chi connectivity index (χ1) is 14.2. The molecule has 1 aliphatic rings. The Morgan fingerprint density at radius 1 is 1.14 bits per heavy atom. The molecule has 2 aromatic heterocycles. The summed E-state index contributed by atoms with van der Waals surface area (Å²) in [7, 11) is 3.15. The fourth-order valence-corrected chi connectivity index (χ4v) is 3.89. The standard InChI is InChI=1S/C20H22N4O4S/c1-26-15-10-14(11-16(12-15)27-2)20(25)24-7-5-23(6-8-24)13-18-21-19(22-28-18)17-4-3-9-29-17/h3-4,9-12H,5-8,13H2,1-2H3. The molecular formula is C20H22N4O4S. The Morgan fingerprint density at radius 3 is 2.48 bits per heavy atom. The number of hydrogen-bond acceptors (Lipinski definition) is 8. The van der Waals surface area contributed by atoms with Crippen molar-refractivity contribution in [3.8, 4) is 22.2 Å². The molecule has 29 heavy (non-hydrogen) atoms. The number of ether oxygens (including phenoxy) is 2. The third-order valence-electron chi connectivity index (χ3n) is 4.83. The first kappa shape index (κ1) is 19.4. The zero-order valence-corrected chi connectivity index (χ0v) is 17.1. The van der Waals surface area contributed by atoms with Gasteiger partial charge in [0.25, 0.3) is 5.91 Å². The van der Waals surface area contributed by atoms with E-state index in [0.717, 1.165) is 18.0 Å². The van der Waals surface area contributed by atoms with Crippen molar-refractivity contribution in [3.63, 3.8) is 0 Å². The lowest BCUT2D eigenvalue weighted by Crippen LogP contribution is -2.48. The van der Waals surface area contributed by atoms with E-state index in [0.29, 0.717) is 48.4 Å². The average molecular weight is 414 g/mol. The number of nitrogens with zero attached hydrogens (tertiary/aromatic N) is 4. The number of methoxy groups -OCH3 is 2. The lowest BCUT2D eigenvalue weighted by molar-refractivity contribution is 0.0614. The fraction of sp³-hybridized carbons (Fsp3) is 0.350. The second kappa shape index (κ2) is 8.62. The van der Waals surface area contributed by atoms with Crippen LogP contribution in [0.3, 0.4) is 0 Å². The summed E-state index contributed by atoms with van der Waals surface area (Å²) in [6, 6.07) is 9.16. The topological polar surface area (TPSA) is 80.9 Å². The number of carbonyl (C=O) groups excluding carboxylic acids is 1. The van der Waals surface area contributed by atoms with E-state index in [1.54, 1.807) is 43.8 Å². The monoisotopic (exact) mass is 414 g/mol. The van der Waals surface area contributed by atoms with Gasteiger partial charge in [-0.15, -0.1) is 11.3 Å². The fourth-order valence-electron chi connectivity index (χ4n) is 3.24. The molecule has 1 saturated heterocycles. The number of hydrogen-bond donors (Lipinski definition) is 0. The minimum atomic E-state index is -0.0281. The first-order valence-corrected chi connectivity index (χ1v) is 10.2. The summed E-state index contributed by atoms with van der Waals surface area (Å²) in [5, 5.41) is 6.03. The van der Waals surface area contributed by atoms with Gasteiger partial charge >= 0.3 is 0 Å². The molecule has 3 aromatic rings. The summed E-state index contributed by atoms with van der Waals surface area (Å²) >= 11 is 1.58. The van der Waals surface area contributed by atoms with E-state index in [2.05, 4.69) is 15.0 Å². The van der Waals surface area contributed by atoms with E-state index in [1.807, 2.05) is 22.4 Å². The summed E-state index contributed by atoms with van der Waals surface area (Å²) in [6.07, 6.45) is 0. The van der Waals surface area contributed by atoms with Gasteiger partial charge in [-0.1, -0.05) is 11.2 Å². The molecule has 4 rings (SSSR count). The van der Waals surface area contributed by atoms with Gasteiger partial charge in [0.05, 0.1) is 25.6 Å². The Labute approximate surface area is 172 Å². The minimum absolute atomic E-state index is 0.0281. The first-order valence-electron chi connectivity index (χ1n) is 9.27. The summed E-state index contributed by atoms with van der Waals surface area (Å²) < 4.78 is 15.9. The van der Waals surface area contributed by atoms with Crippen LogP contribution in [0, 0.1) is 0 Å². The van der Waals surface area contributed by atoms with Crippen molar-refractivity contribution in [2.24, 2.45) is 0 Å². The van der Waals surface area contributed by atoms with Crippen LogP contribution in [-0.4, -0.2) is 66.2 Å². The van der Waals surface area contributed by atoms with Crippen LogP contribution in [-0.2, 0) is 6.54 Å². The van der Waals surface area contributed by atoms with Crippen molar-refractivity contribution < 1.29 is 18.8 Å². The van der Waals surface area contributed by atoms with Crippen LogP contribution < -0.4 is 9.47 Å². The molecule has 0 radical (unpaired) electrons. The van der Waals surface area contributed by atoms with Crippen LogP contribution in [0.15, 0.2) is 40.2 Å². The molecular weight excluding hydrogens is 392 g/mol. The van der Waals surface area contributed by atoms with Gasteiger partial charge in [-0.3, -0.25) is 9.69 Å². The van der Waals surface area contributed by atoms with Crippen LogP contribution in [0.1, 0.15) is 16.2 Å². The molecule has 8 nitrogen and oxygen atoms in total. The highest BCUT2D eigenvalue weighted by atomic mass is 32.1. The van der Waals surface area contributed by atoms with E-state index in [1.165, 1.54) is 0 Å². The van der Waals surface area contributed by atoms with Gasteiger partial charge in [-0.25, -0.2) is 0 Å². The molecule has 1 aliphatic heterocycles. The lowest BCUT2D eigenvalue weighted by Gasteiger charge is -2.34. The molecule has 0 aliphatic carbocycles. The number of carbonyl (C=O) groups is 1. The predicted octanol–water partition coefficient (Wildman–Crippen LogP) is 2.77. The molecule has 0 atom stereocenters. The SMILES string of the molecule is COc1cc(OC)cc(C(=O)N2CCN(Cc3nc(-c4cccs4)no3)CC2)c1. The van der Waals surface area contributed by atoms with Gasteiger partial charge < -0.3 is 18.9 Å². The Kier molecular flexibility index (Phi) is 5.77. The maximum atomic E-state index is 12.9. The number of amides is 1. The molecule has 0 spiro atoms. The van der Waals surface area contributed by atoms with Crippen LogP contribution in [0.25, 0.3) is 10.7 Å². The highest BCUT2D eigenvalue weighted by molar-refractivity contribution is 7.13. The second-order valence-corrected chi connectivity index (χ2v) is 7.61. The zero-order chi connectivity index (χ0) is 20.2. The quantitative estimate of drug-likeness (QED) is 0.613. The normalized spacial score (nSPS) is 14.8. The summed E-state index contributed by atoms with van der Waals surface area (Å²) in [6.45, 7) is 3.31. The van der Waals surface area contributed by atoms with Gasteiger partial charge in [0.2, 0.25) is 11.7 Å². The number of rotatable bonds is 6. The third kappa shape index (κ3) is 4.41. The predicted molar refractivity (Wildman–Crippen MR) is 108 cm³/mol. The maximum Gasteiger partial charge on any atom is 0.254 e. The van der Waals surface area contributed by atoms with Crippen molar-refractivity contribution in [1.29, 1.82) is 0 Å². The van der Waals surface area contributed by atoms with Gasteiger partial charge in [0, 0.05) is 37.8 Å². The molecule has 1 aromatic carbocycles.